The van der Waals surface area contributed by atoms with Crippen molar-refractivity contribution in [3.05, 3.63) is 38.2 Å². The van der Waals surface area contributed by atoms with Crippen molar-refractivity contribution < 1.29 is 9.53 Å². The fourth-order valence-corrected chi connectivity index (χ4v) is 3.08. The maximum atomic E-state index is 11.6. The van der Waals surface area contributed by atoms with Crippen molar-refractivity contribution >= 4 is 45.5 Å². The lowest BCUT2D eigenvalue weighted by molar-refractivity contribution is 0.0600. The molecule has 0 fully saturated rings. The van der Waals surface area contributed by atoms with Crippen LogP contribution in [0.3, 0.4) is 0 Å². The molecule has 7 heteroatoms. The number of rotatable bonds is 2. The SMILES string of the molecule is COC(=O)c1ccc2nnc(-c3csc(I)c3)n2c1. The third-order valence-corrected chi connectivity index (χ3v) is 4.44. The van der Waals surface area contributed by atoms with Gasteiger partial charge in [-0.1, -0.05) is 0 Å². The Kier molecular flexibility index (Phi) is 3.23. The third-order valence-electron chi connectivity index (χ3n) is 2.65. The molecule has 0 aliphatic rings. The van der Waals surface area contributed by atoms with E-state index in [1.54, 1.807) is 34.1 Å². The molecule has 0 amide bonds. The van der Waals surface area contributed by atoms with Gasteiger partial charge in [0.15, 0.2) is 11.5 Å². The number of aromatic nitrogens is 3. The molecule has 3 rings (SSSR count). The number of hydrogen-bond donors (Lipinski definition) is 0. The van der Waals surface area contributed by atoms with Gasteiger partial charge in [-0.15, -0.1) is 21.5 Å². The third kappa shape index (κ3) is 2.23. The van der Waals surface area contributed by atoms with Crippen molar-refractivity contribution in [2.75, 3.05) is 7.11 Å². The van der Waals surface area contributed by atoms with E-state index in [1.807, 2.05) is 11.4 Å². The Bertz CT molecular complexity index is 765. The summed E-state index contributed by atoms with van der Waals surface area (Å²) in [5, 5.41) is 10.3. The number of thiophene rings is 1. The van der Waals surface area contributed by atoms with Crippen LogP contribution in [-0.2, 0) is 4.74 Å². The van der Waals surface area contributed by atoms with Crippen LogP contribution in [0.1, 0.15) is 10.4 Å². The molecule has 3 aromatic rings. The number of ether oxygens (including phenoxy) is 1. The van der Waals surface area contributed by atoms with Gasteiger partial charge < -0.3 is 4.74 Å². The molecule has 0 radical (unpaired) electrons. The van der Waals surface area contributed by atoms with Gasteiger partial charge in [0, 0.05) is 17.1 Å². The molecule has 5 nitrogen and oxygen atoms in total. The molecule has 0 saturated heterocycles. The molecular formula is C12H8IN3O2S. The summed E-state index contributed by atoms with van der Waals surface area (Å²) in [5.74, 6) is 0.348. The summed E-state index contributed by atoms with van der Waals surface area (Å²) in [7, 11) is 1.36. The van der Waals surface area contributed by atoms with E-state index >= 15 is 0 Å². The molecule has 19 heavy (non-hydrogen) atoms. The molecule has 0 saturated carbocycles. The van der Waals surface area contributed by atoms with Crippen LogP contribution in [0.5, 0.6) is 0 Å². The summed E-state index contributed by atoms with van der Waals surface area (Å²) in [6.45, 7) is 0. The summed E-state index contributed by atoms with van der Waals surface area (Å²) < 4.78 is 7.69. The minimum atomic E-state index is -0.374. The van der Waals surface area contributed by atoms with E-state index in [9.17, 15) is 4.79 Å². The topological polar surface area (TPSA) is 56.5 Å². The number of hydrogen-bond acceptors (Lipinski definition) is 5. The van der Waals surface area contributed by atoms with Gasteiger partial charge in [0.05, 0.1) is 15.6 Å². The average Bonchev–Trinajstić information content (AvgIpc) is 3.02. The maximum absolute atomic E-state index is 11.6. The Morgan fingerprint density at radius 2 is 2.26 bits per heavy atom. The van der Waals surface area contributed by atoms with Crippen LogP contribution in [0.25, 0.3) is 17.0 Å². The quantitative estimate of drug-likeness (QED) is 0.503. The fourth-order valence-electron chi connectivity index (χ4n) is 1.75. The first kappa shape index (κ1) is 12.5. The Hall–Kier alpha value is -1.48. The largest absolute Gasteiger partial charge is 0.465 e. The smallest absolute Gasteiger partial charge is 0.339 e. The van der Waals surface area contributed by atoms with Gasteiger partial charge in [-0.25, -0.2) is 4.79 Å². The van der Waals surface area contributed by atoms with Crippen molar-refractivity contribution in [1.82, 2.24) is 14.6 Å². The Morgan fingerprint density at radius 1 is 1.42 bits per heavy atom. The van der Waals surface area contributed by atoms with Gasteiger partial charge in [0.2, 0.25) is 0 Å². The zero-order valence-corrected chi connectivity index (χ0v) is 12.8. The molecule has 0 aromatic carbocycles. The molecule has 0 spiro atoms. The lowest BCUT2D eigenvalue weighted by Crippen LogP contribution is -2.03. The van der Waals surface area contributed by atoms with Crippen molar-refractivity contribution in [1.29, 1.82) is 0 Å². The van der Waals surface area contributed by atoms with Crippen LogP contribution in [0.15, 0.2) is 29.8 Å². The highest BCUT2D eigenvalue weighted by atomic mass is 127. The number of methoxy groups -OCH3 is 1. The molecule has 0 aliphatic carbocycles. The van der Waals surface area contributed by atoms with Crippen LogP contribution in [0.2, 0.25) is 0 Å². The second-order valence-corrected chi connectivity index (χ2v) is 6.61. The first-order valence-corrected chi connectivity index (χ1v) is 7.32. The summed E-state index contributed by atoms with van der Waals surface area (Å²) in [4.78, 5) is 11.6. The van der Waals surface area contributed by atoms with Gasteiger partial charge in [-0.05, 0) is 40.8 Å². The molecular weight excluding hydrogens is 377 g/mol. The molecule has 96 valence electrons. The van der Waals surface area contributed by atoms with Crippen molar-refractivity contribution in [3.8, 4) is 11.4 Å². The van der Waals surface area contributed by atoms with Gasteiger partial charge in [0.25, 0.3) is 0 Å². The number of carbonyl (C=O) groups is 1. The lowest BCUT2D eigenvalue weighted by atomic mass is 10.2. The van der Waals surface area contributed by atoms with Crippen LogP contribution in [0.4, 0.5) is 0 Å². The van der Waals surface area contributed by atoms with E-state index in [-0.39, 0.29) is 5.97 Å². The highest BCUT2D eigenvalue weighted by molar-refractivity contribution is 14.1. The van der Waals surface area contributed by atoms with Crippen molar-refractivity contribution in [2.24, 2.45) is 0 Å². The zero-order chi connectivity index (χ0) is 13.4. The highest BCUT2D eigenvalue weighted by Gasteiger charge is 2.12. The molecule has 0 unspecified atom stereocenters. The number of fused-ring (bicyclic) bond motifs is 1. The lowest BCUT2D eigenvalue weighted by Gasteiger charge is -2.01. The second kappa shape index (κ2) is 4.89. The first-order valence-electron chi connectivity index (χ1n) is 5.36. The van der Waals surface area contributed by atoms with E-state index in [1.165, 1.54) is 9.99 Å². The normalized spacial score (nSPS) is 10.8. The second-order valence-electron chi connectivity index (χ2n) is 3.80. The maximum Gasteiger partial charge on any atom is 0.339 e. The predicted octanol–water partition coefficient (Wildman–Crippen LogP) is 2.85. The fraction of sp³-hybridized carbons (Fsp3) is 0.0833. The average molecular weight is 385 g/mol. The van der Waals surface area contributed by atoms with Gasteiger partial charge >= 0.3 is 5.97 Å². The molecule has 3 aromatic heterocycles. The number of halogens is 1. The van der Waals surface area contributed by atoms with Crippen LogP contribution >= 0.6 is 33.9 Å². The highest BCUT2D eigenvalue weighted by Crippen LogP contribution is 2.25. The first-order chi connectivity index (χ1) is 9.19. The summed E-state index contributed by atoms with van der Waals surface area (Å²) >= 11 is 3.90. The summed E-state index contributed by atoms with van der Waals surface area (Å²) in [5.41, 5.74) is 2.16. The number of pyridine rings is 1. The Balaban J connectivity index is 2.18. The summed E-state index contributed by atoms with van der Waals surface area (Å²) in [6.07, 6.45) is 1.70. The molecule has 0 bridgehead atoms. The molecule has 0 aliphatic heterocycles. The van der Waals surface area contributed by atoms with E-state index in [2.05, 4.69) is 32.8 Å². The van der Waals surface area contributed by atoms with Crippen LogP contribution in [0, 0.1) is 2.88 Å². The number of carbonyl (C=O) groups excluding carboxylic acids is 1. The monoisotopic (exact) mass is 385 g/mol. The number of esters is 1. The zero-order valence-electron chi connectivity index (χ0n) is 9.83. The van der Waals surface area contributed by atoms with E-state index in [0.29, 0.717) is 11.2 Å². The van der Waals surface area contributed by atoms with Crippen molar-refractivity contribution in [2.45, 2.75) is 0 Å². The standard InChI is InChI=1S/C12H8IN3O2S/c1-18-12(17)7-2-3-10-14-15-11(16(10)5-7)8-4-9(13)19-6-8/h2-6H,1H3. The molecule has 0 N–H and O–H groups in total. The van der Waals surface area contributed by atoms with Crippen LogP contribution in [-0.4, -0.2) is 27.7 Å². The van der Waals surface area contributed by atoms with Gasteiger partial charge in [-0.2, -0.15) is 0 Å². The van der Waals surface area contributed by atoms with Crippen LogP contribution < -0.4 is 0 Å². The van der Waals surface area contributed by atoms with E-state index in [4.69, 9.17) is 4.74 Å². The van der Waals surface area contributed by atoms with Gasteiger partial charge in [0.1, 0.15) is 0 Å². The minimum Gasteiger partial charge on any atom is -0.465 e. The van der Waals surface area contributed by atoms with Gasteiger partial charge in [-0.3, -0.25) is 4.40 Å². The molecule has 0 atom stereocenters. The van der Waals surface area contributed by atoms with E-state index in [0.717, 1.165) is 11.4 Å². The predicted molar refractivity (Wildman–Crippen MR) is 80.4 cm³/mol. The van der Waals surface area contributed by atoms with Crippen molar-refractivity contribution in [3.63, 3.8) is 0 Å². The minimum absolute atomic E-state index is 0.374. The number of nitrogens with zero attached hydrogens (tertiary/aromatic N) is 3. The summed E-state index contributed by atoms with van der Waals surface area (Å²) in [6, 6.07) is 5.46. The van der Waals surface area contributed by atoms with E-state index < -0.39 is 0 Å². The Morgan fingerprint density at radius 3 is 2.95 bits per heavy atom. The molecule has 3 heterocycles. The Labute approximate surface area is 126 Å².